The van der Waals surface area contributed by atoms with Crippen molar-refractivity contribution in [3.05, 3.63) is 30.6 Å². The minimum atomic E-state index is -1.04. The van der Waals surface area contributed by atoms with E-state index < -0.39 is 5.60 Å². The fourth-order valence-electron chi connectivity index (χ4n) is 1.64. The Bertz CT molecular complexity index is 563. The van der Waals surface area contributed by atoms with Crippen LogP contribution >= 0.6 is 0 Å². The van der Waals surface area contributed by atoms with Gasteiger partial charge in [0.15, 0.2) is 5.82 Å². The van der Waals surface area contributed by atoms with E-state index in [0.717, 1.165) is 30.0 Å². The second-order valence-electron chi connectivity index (χ2n) is 5.07. The highest BCUT2D eigenvalue weighted by molar-refractivity contribution is 5.60. The number of nitrogens with zero attached hydrogens (tertiary/aromatic N) is 4. The van der Waals surface area contributed by atoms with Crippen molar-refractivity contribution >= 4 is 5.82 Å². The lowest BCUT2D eigenvalue weighted by Crippen LogP contribution is -2.19. The van der Waals surface area contributed by atoms with Crippen LogP contribution in [-0.2, 0) is 5.60 Å². The number of rotatable bonds is 5. The van der Waals surface area contributed by atoms with Crippen LogP contribution in [0.1, 0.15) is 33.0 Å². The van der Waals surface area contributed by atoms with Crippen molar-refractivity contribution < 1.29 is 5.11 Å². The maximum atomic E-state index is 9.83. The Balaban J connectivity index is 2.23. The number of aromatic nitrogens is 4. The minimum absolute atomic E-state index is 0.389. The summed E-state index contributed by atoms with van der Waals surface area (Å²) < 4.78 is 0. The fourth-order valence-corrected chi connectivity index (χ4v) is 1.64. The Morgan fingerprint density at radius 1 is 1.15 bits per heavy atom. The van der Waals surface area contributed by atoms with Gasteiger partial charge in [-0.25, -0.2) is 19.9 Å². The average molecular weight is 273 g/mol. The first-order chi connectivity index (χ1) is 9.50. The first kappa shape index (κ1) is 14.3. The van der Waals surface area contributed by atoms with Crippen LogP contribution in [0.4, 0.5) is 5.82 Å². The predicted molar refractivity (Wildman–Crippen MR) is 77.1 cm³/mol. The summed E-state index contributed by atoms with van der Waals surface area (Å²) in [6, 6.07) is 1.86. The Hall–Kier alpha value is -2.08. The van der Waals surface area contributed by atoms with Crippen LogP contribution in [0.2, 0.25) is 0 Å². The third-order valence-electron chi connectivity index (χ3n) is 2.72. The van der Waals surface area contributed by atoms with Crippen LogP contribution in [0.15, 0.2) is 24.8 Å². The molecule has 2 heterocycles. The summed E-state index contributed by atoms with van der Waals surface area (Å²) in [6.07, 6.45) is 5.86. The summed E-state index contributed by atoms with van der Waals surface area (Å²) >= 11 is 0. The predicted octanol–water partition coefficient (Wildman–Crippen LogP) is 1.98. The highest BCUT2D eigenvalue weighted by Crippen LogP contribution is 2.20. The molecule has 20 heavy (non-hydrogen) atoms. The molecule has 0 aliphatic rings. The van der Waals surface area contributed by atoms with Crippen LogP contribution < -0.4 is 5.32 Å². The van der Waals surface area contributed by atoms with Crippen LogP contribution in [0, 0.1) is 0 Å². The van der Waals surface area contributed by atoms with Gasteiger partial charge in [0, 0.05) is 30.6 Å². The van der Waals surface area contributed by atoms with E-state index >= 15 is 0 Å². The third kappa shape index (κ3) is 3.48. The first-order valence-corrected chi connectivity index (χ1v) is 6.62. The summed E-state index contributed by atoms with van der Waals surface area (Å²) in [5.41, 5.74) is 0.499. The number of hydrogen-bond acceptors (Lipinski definition) is 6. The molecule has 2 N–H and O–H groups in total. The first-order valence-electron chi connectivity index (χ1n) is 6.62. The van der Waals surface area contributed by atoms with E-state index in [1.165, 1.54) is 6.33 Å². The van der Waals surface area contributed by atoms with Crippen LogP contribution in [0.5, 0.6) is 0 Å². The van der Waals surface area contributed by atoms with Crippen molar-refractivity contribution in [3.63, 3.8) is 0 Å². The van der Waals surface area contributed by atoms with Gasteiger partial charge in [-0.1, -0.05) is 6.92 Å². The lowest BCUT2D eigenvalue weighted by Gasteiger charge is -2.14. The van der Waals surface area contributed by atoms with Gasteiger partial charge in [0.2, 0.25) is 0 Å². The molecule has 0 atom stereocenters. The minimum Gasteiger partial charge on any atom is -0.382 e. The molecule has 2 rings (SSSR count). The Labute approximate surface area is 118 Å². The topological polar surface area (TPSA) is 83.8 Å². The molecule has 0 radical (unpaired) electrons. The SMILES string of the molecule is CCCNc1cc(-c2cnc(C(C)(C)O)nc2)ncn1. The van der Waals surface area contributed by atoms with Gasteiger partial charge in [0.05, 0.1) is 5.69 Å². The smallest absolute Gasteiger partial charge is 0.159 e. The fraction of sp³-hybridized carbons (Fsp3) is 0.429. The molecule has 0 saturated carbocycles. The normalized spacial score (nSPS) is 11.4. The zero-order valence-electron chi connectivity index (χ0n) is 12.0. The molecule has 0 bridgehead atoms. The lowest BCUT2D eigenvalue weighted by molar-refractivity contribution is 0.0687. The summed E-state index contributed by atoms with van der Waals surface area (Å²) in [5.74, 6) is 1.17. The molecule has 0 saturated heterocycles. The molecule has 106 valence electrons. The molecule has 0 aliphatic heterocycles. The Kier molecular flexibility index (Phi) is 4.24. The van der Waals surface area contributed by atoms with E-state index in [1.54, 1.807) is 26.2 Å². The van der Waals surface area contributed by atoms with E-state index in [1.807, 2.05) is 6.07 Å². The highest BCUT2D eigenvalue weighted by atomic mass is 16.3. The van der Waals surface area contributed by atoms with E-state index in [9.17, 15) is 5.11 Å². The molecular formula is C14H19N5O. The van der Waals surface area contributed by atoms with Gasteiger partial charge >= 0.3 is 0 Å². The Morgan fingerprint density at radius 2 is 1.85 bits per heavy atom. The number of nitrogens with one attached hydrogen (secondary N) is 1. The summed E-state index contributed by atoms with van der Waals surface area (Å²) in [6.45, 7) is 6.27. The van der Waals surface area contributed by atoms with Crippen molar-refractivity contribution in [2.24, 2.45) is 0 Å². The van der Waals surface area contributed by atoms with Crippen molar-refractivity contribution in [3.8, 4) is 11.3 Å². The van der Waals surface area contributed by atoms with E-state index in [-0.39, 0.29) is 0 Å². The average Bonchev–Trinajstić information content (AvgIpc) is 2.45. The second kappa shape index (κ2) is 5.92. The van der Waals surface area contributed by atoms with Gasteiger partial charge in [0.25, 0.3) is 0 Å². The molecule has 2 aromatic rings. The standard InChI is InChI=1S/C14H19N5O/c1-4-5-15-12-6-11(18-9-19-12)10-7-16-13(17-8-10)14(2,3)20/h6-9,20H,4-5H2,1-3H3,(H,15,18,19). The van der Waals surface area contributed by atoms with E-state index in [2.05, 4.69) is 32.2 Å². The van der Waals surface area contributed by atoms with Crippen molar-refractivity contribution in [1.82, 2.24) is 19.9 Å². The molecule has 0 fully saturated rings. The van der Waals surface area contributed by atoms with Gasteiger partial charge < -0.3 is 10.4 Å². The molecule has 0 aromatic carbocycles. The Morgan fingerprint density at radius 3 is 2.45 bits per heavy atom. The number of aliphatic hydroxyl groups is 1. The molecule has 6 heteroatoms. The molecule has 0 amide bonds. The van der Waals surface area contributed by atoms with Gasteiger partial charge in [-0.3, -0.25) is 0 Å². The van der Waals surface area contributed by atoms with E-state index in [4.69, 9.17) is 0 Å². The maximum Gasteiger partial charge on any atom is 0.159 e. The number of anilines is 1. The third-order valence-corrected chi connectivity index (χ3v) is 2.72. The maximum absolute atomic E-state index is 9.83. The molecule has 2 aromatic heterocycles. The largest absolute Gasteiger partial charge is 0.382 e. The molecule has 0 unspecified atom stereocenters. The molecule has 6 nitrogen and oxygen atoms in total. The summed E-state index contributed by atoms with van der Waals surface area (Å²) in [4.78, 5) is 16.7. The van der Waals surface area contributed by atoms with Gasteiger partial charge in [0.1, 0.15) is 17.7 Å². The lowest BCUT2D eigenvalue weighted by atomic mass is 10.1. The quantitative estimate of drug-likeness (QED) is 0.866. The van der Waals surface area contributed by atoms with Crippen molar-refractivity contribution in [2.75, 3.05) is 11.9 Å². The van der Waals surface area contributed by atoms with Gasteiger partial charge in [-0.15, -0.1) is 0 Å². The van der Waals surface area contributed by atoms with Crippen LogP contribution in [-0.4, -0.2) is 31.6 Å². The molecule has 0 spiro atoms. The van der Waals surface area contributed by atoms with Gasteiger partial charge in [-0.2, -0.15) is 0 Å². The van der Waals surface area contributed by atoms with E-state index in [0.29, 0.717) is 5.82 Å². The monoisotopic (exact) mass is 273 g/mol. The summed E-state index contributed by atoms with van der Waals surface area (Å²) in [5, 5.41) is 13.0. The molecule has 0 aliphatic carbocycles. The zero-order chi connectivity index (χ0) is 14.6. The number of hydrogen-bond donors (Lipinski definition) is 2. The van der Waals surface area contributed by atoms with Crippen molar-refractivity contribution in [1.29, 1.82) is 0 Å². The van der Waals surface area contributed by atoms with Crippen LogP contribution in [0.25, 0.3) is 11.3 Å². The highest BCUT2D eigenvalue weighted by Gasteiger charge is 2.19. The second-order valence-corrected chi connectivity index (χ2v) is 5.07. The zero-order valence-corrected chi connectivity index (χ0v) is 12.0. The van der Waals surface area contributed by atoms with Crippen molar-refractivity contribution in [2.45, 2.75) is 32.8 Å². The molecular weight excluding hydrogens is 254 g/mol. The van der Waals surface area contributed by atoms with Gasteiger partial charge in [-0.05, 0) is 20.3 Å². The van der Waals surface area contributed by atoms with Crippen LogP contribution in [0.3, 0.4) is 0 Å². The summed E-state index contributed by atoms with van der Waals surface area (Å²) in [7, 11) is 0.